The number of hydrogen-bond donors (Lipinski definition) is 1. The van der Waals surface area contributed by atoms with Crippen LogP contribution in [-0.2, 0) is 0 Å². The minimum atomic E-state index is -0.704. The average Bonchev–Trinajstić information content (AvgIpc) is 3.07. The molecular formula is C15H14O3S2. The lowest BCUT2D eigenvalue weighted by atomic mass is 10.1. The fourth-order valence-corrected chi connectivity index (χ4v) is 4.25. The Kier molecular flexibility index (Phi) is 3.65. The quantitative estimate of drug-likeness (QED) is 0.790. The second kappa shape index (κ2) is 5.44. The fourth-order valence-electron chi connectivity index (χ4n) is 2.13. The van der Waals surface area contributed by atoms with Gasteiger partial charge in [-0.2, -0.15) is 0 Å². The van der Waals surface area contributed by atoms with Crippen LogP contribution in [0.5, 0.6) is 11.5 Å². The molecule has 1 atom stereocenters. The minimum Gasteiger partial charge on any atom is -0.497 e. The number of aliphatic hydroxyl groups excluding tert-OH is 1. The third kappa shape index (κ3) is 2.28. The molecule has 5 heteroatoms. The molecule has 0 amide bonds. The third-order valence-corrected chi connectivity index (χ3v) is 5.31. The molecule has 1 N–H and O–H groups in total. The highest BCUT2D eigenvalue weighted by atomic mass is 32.1. The molecule has 3 rings (SSSR count). The SMILES string of the molecule is COc1ccc(OC)c(C(O)c2cc3sccc3s2)c1. The van der Waals surface area contributed by atoms with Gasteiger partial charge in [-0.15, -0.1) is 22.7 Å². The Morgan fingerprint density at radius 1 is 1.05 bits per heavy atom. The summed E-state index contributed by atoms with van der Waals surface area (Å²) in [5.41, 5.74) is 0.723. The van der Waals surface area contributed by atoms with Crippen molar-refractivity contribution in [3.8, 4) is 11.5 Å². The van der Waals surface area contributed by atoms with Crippen molar-refractivity contribution in [3.05, 3.63) is 46.2 Å². The van der Waals surface area contributed by atoms with E-state index in [9.17, 15) is 5.11 Å². The van der Waals surface area contributed by atoms with Crippen LogP contribution >= 0.6 is 22.7 Å². The summed E-state index contributed by atoms with van der Waals surface area (Å²) in [4.78, 5) is 0.915. The minimum absolute atomic E-state index is 0.662. The lowest BCUT2D eigenvalue weighted by Gasteiger charge is -2.14. The second-order valence-electron chi connectivity index (χ2n) is 4.31. The zero-order chi connectivity index (χ0) is 14.1. The lowest BCUT2D eigenvalue weighted by Crippen LogP contribution is -2.01. The van der Waals surface area contributed by atoms with Gasteiger partial charge in [0.05, 0.1) is 14.2 Å². The van der Waals surface area contributed by atoms with Gasteiger partial charge in [-0.3, -0.25) is 0 Å². The van der Waals surface area contributed by atoms with Crippen molar-refractivity contribution in [2.45, 2.75) is 6.10 Å². The Morgan fingerprint density at radius 3 is 2.60 bits per heavy atom. The largest absolute Gasteiger partial charge is 0.497 e. The molecule has 104 valence electrons. The zero-order valence-electron chi connectivity index (χ0n) is 11.1. The maximum absolute atomic E-state index is 10.6. The van der Waals surface area contributed by atoms with Crippen LogP contribution < -0.4 is 9.47 Å². The van der Waals surface area contributed by atoms with E-state index < -0.39 is 6.10 Å². The Labute approximate surface area is 125 Å². The lowest BCUT2D eigenvalue weighted by molar-refractivity contribution is 0.218. The normalized spacial score (nSPS) is 12.6. The van der Waals surface area contributed by atoms with Gasteiger partial charge in [-0.25, -0.2) is 0 Å². The van der Waals surface area contributed by atoms with Gasteiger partial charge in [0.1, 0.15) is 17.6 Å². The number of benzene rings is 1. The van der Waals surface area contributed by atoms with E-state index in [-0.39, 0.29) is 0 Å². The number of ether oxygens (including phenoxy) is 2. The molecule has 0 saturated carbocycles. The monoisotopic (exact) mass is 306 g/mol. The van der Waals surface area contributed by atoms with Crippen LogP contribution in [-0.4, -0.2) is 19.3 Å². The predicted octanol–water partition coefficient (Wildman–Crippen LogP) is 4.06. The highest BCUT2D eigenvalue weighted by Crippen LogP contribution is 2.39. The van der Waals surface area contributed by atoms with Gasteiger partial charge in [0.25, 0.3) is 0 Å². The van der Waals surface area contributed by atoms with Crippen LogP contribution in [0.2, 0.25) is 0 Å². The van der Waals surface area contributed by atoms with E-state index in [4.69, 9.17) is 9.47 Å². The Balaban J connectivity index is 2.04. The van der Waals surface area contributed by atoms with Crippen LogP contribution in [0.1, 0.15) is 16.5 Å². The molecule has 3 nitrogen and oxygen atoms in total. The zero-order valence-corrected chi connectivity index (χ0v) is 12.8. The number of rotatable bonds is 4. The van der Waals surface area contributed by atoms with Crippen molar-refractivity contribution in [1.29, 1.82) is 0 Å². The van der Waals surface area contributed by atoms with Gasteiger partial charge in [-0.05, 0) is 35.7 Å². The van der Waals surface area contributed by atoms with Crippen LogP contribution in [0.3, 0.4) is 0 Å². The molecule has 2 aromatic heterocycles. The third-order valence-electron chi connectivity index (χ3n) is 3.16. The van der Waals surface area contributed by atoms with E-state index in [0.29, 0.717) is 11.5 Å². The highest BCUT2D eigenvalue weighted by molar-refractivity contribution is 7.26. The van der Waals surface area contributed by atoms with E-state index in [1.165, 1.54) is 9.40 Å². The second-order valence-corrected chi connectivity index (χ2v) is 6.37. The van der Waals surface area contributed by atoms with E-state index in [2.05, 4.69) is 11.4 Å². The summed E-state index contributed by atoms with van der Waals surface area (Å²) in [5, 5.41) is 12.7. The molecule has 3 aromatic rings. The summed E-state index contributed by atoms with van der Waals surface area (Å²) in [6, 6.07) is 9.56. The number of thiophene rings is 2. The molecule has 1 unspecified atom stereocenters. The maximum Gasteiger partial charge on any atom is 0.125 e. The molecule has 0 aliphatic heterocycles. The summed E-state index contributed by atoms with van der Waals surface area (Å²) < 4.78 is 13.0. The number of aliphatic hydroxyl groups is 1. The maximum atomic E-state index is 10.6. The molecule has 0 bridgehead atoms. The summed E-state index contributed by atoms with van der Waals surface area (Å²) in [5.74, 6) is 1.37. The molecule has 0 spiro atoms. The Hall–Kier alpha value is -1.56. The van der Waals surface area contributed by atoms with E-state index in [1.807, 2.05) is 24.3 Å². The molecule has 20 heavy (non-hydrogen) atoms. The van der Waals surface area contributed by atoms with E-state index in [0.717, 1.165) is 10.4 Å². The van der Waals surface area contributed by atoms with Gasteiger partial charge in [0, 0.05) is 19.8 Å². The number of fused-ring (bicyclic) bond motifs is 1. The molecule has 0 aliphatic carbocycles. The van der Waals surface area contributed by atoms with Gasteiger partial charge >= 0.3 is 0 Å². The molecule has 1 aromatic carbocycles. The van der Waals surface area contributed by atoms with E-state index >= 15 is 0 Å². The van der Waals surface area contributed by atoms with E-state index in [1.54, 1.807) is 36.9 Å². The van der Waals surface area contributed by atoms with Gasteiger partial charge in [-0.1, -0.05) is 0 Å². The van der Waals surface area contributed by atoms with Crippen molar-refractivity contribution in [2.75, 3.05) is 14.2 Å². The van der Waals surface area contributed by atoms with Crippen LogP contribution in [0.15, 0.2) is 35.7 Å². The van der Waals surface area contributed by atoms with Crippen LogP contribution in [0, 0.1) is 0 Å². The fraction of sp³-hybridized carbons (Fsp3) is 0.200. The number of hydrogen-bond acceptors (Lipinski definition) is 5. The molecular weight excluding hydrogens is 292 g/mol. The summed E-state index contributed by atoms with van der Waals surface area (Å²) in [7, 11) is 3.21. The molecule has 0 fully saturated rings. The van der Waals surface area contributed by atoms with Crippen molar-refractivity contribution in [2.24, 2.45) is 0 Å². The first-order chi connectivity index (χ1) is 9.72. The topological polar surface area (TPSA) is 38.7 Å². The molecule has 2 heterocycles. The van der Waals surface area contributed by atoms with Crippen molar-refractivity contribution in [3.63, 3.8) is 0 Å². The molecule has 0 saturated heterocycles. The molecule has 0 aliphatic rings. The summed E-state index contributed by atoms with van der Waals surface area (Å²) in [6.45, 7) is 0. The van der Waals surface area contributed by atoms with Crippen LogP contribution in [0.25, 0.3) is 9.40 Å². The van der Waals surface area contributed by atoms with Gasteiger partial charge in [0.2, 0.25) is 0 Å². The summed E-state index contributed by atoms with van der Waals surface area (Å²) >= 11 is 3.29. The predicted molar refractivity (Wildman–Crippen MR) is 83.3 cm³/mol. The average molecular weight is 306 g/mol. The first kappa shape index (κ1) is 13.4. The van der Waals surface area contributed by atoms with Crippen molar-refractivity contribution in [1.82, 2.24) is 0 Å². The first-order valence-electron chi connectivity index (χ1n) is 6.10. The van der Waals surface area contributed by atoms with Crippen molar-refractivity contribution < 1.29 is 14.6 Å². The standard InChI is InChI=1S/C15H14O3S2/c1-17-9-3-4-11(18-2)10(7-9)15(16)14-8-13-12(20-14)5-6-19-13/h3-8,15-16H,1-2H3. The molecule has 0 radical (unpaired) electrons. The highest BCUT2D eigenvalue weighted by Gasteiger charge is 2.19. The van der Waals surface area contributed by atoms with Gasteiger partial charge < -0.3 is 14.6 Å². The Morgan fingerprint density at radius 2 is 1.90 bits per heavy atom. The summed E-state index contributed by atoms with van der Waals surface area (Å²) in [6.07, 6.45) is -0.704. The van der Waals surface area contributed by atoms with Crippen molar-refractivity contribution >= 4 is 32.1 Å². The van der Waals surface area contributed by atoms with Gasteiger partial charge in [0.15, 0.2) is 0 Å². The Bertz CT molecular complexity index is 701. The first-order valence-corrected chi connectivity index (χ1v) is 7.79. The number of methoxy groups -OCH3 is 2. The smallest absolute Gasteiger partial charge is 0.125 e. The van der Waals surface area contributed by atoms with Crippen LogP contribution in [0.4, 0.5) is 0 Å².